The monoisotopic (exact) mass is 423 g/mol. The number of carbonyl (C=O) groups is 1. The van der Waals surface area contributed by atoms with E-state index in [-0.39, 0.29) is 11.6 Å². The Hall–Kier alpha value is -2.12. The first-order valence-electron chi connectivity index (χ1n) is 7.69. The van der Waals surface area contributed by atoms with E-state index in [0.29, 0.717) is 41.2 Å². The molecule has 0 radical (unpaired) electrons. The summed E-state index contributed by atoms with van der Waals surface area (Å²) in [5, 5.41) is 11.4. The highest BCUT2D eigenvalue weighted by atomic mass is 79.9. The SMILES string of the molecule is O=C(c1cc(Cl)ccc1Br)N1CCN(c2cccc([N+](=O)[O-])c2)CC1. The number of benzene rings is 2. The van der Waals surface area contributed by atoms with Crippen molar-refractivity contribution in [3.8, 4) is 0 Å². The zero-order chi connectivity index (χ0) is 18.0. The Labute approximate surface area is 158 Å². The minimum absolute atomic E-state index is 0.0684. The quantitative estimate of drug-likeness (QED) is 0.552. The highest BCUT2D eigenvalue weighted by molar-refractivity contribution is 9.10. The molecule has 6 nitrogen and oxygen atoms in total. The van der Waals surface area contributed by atoms with Gasteiger partial charge in [0.15, 0.2) is 0 Å². The molecular formula is C17H15BrClN3O3. The third-order valence-corrected chi connectivity index (χ3v) is 5.06. The Kier molecular flexibility index (Phi) is 5.24. The van der Waals surface area contributed by atoms with Crippen LogP contribution in [-0.4, -0.2) is 41.9 Å². The molecule has 0 unspecified atom stereocenters. The number of hydrogen-bond acceptors (Lipinski definition) is 4. The van der Waals surface area contributed by atoms with Crippen LogP contribution >= 0.6 is 27.5 Å². The first-order chi connectivity index (χ1) is 12.0. The van der Waals surface area contributed by atoms with Crippen LogP contribution in [0.4, 0.5) is 11.4 Å². The van der Waals surface area contributed by atoms with Crippen LogP contribution in [0.5, 0.6) is 0 Å². The highest BCUT2D eigenvalue weighted by Crippen LogP contribution is 2.25. The highest BCUT2D eigenvalue weighted by Gasteiger charge is 2.24. The molecule has 1 fully saturated rings. The summed E-state index contributed by atoms with van der Waals surface area (Å²) in [5.41, 5.74) is 1.40. The van der Waals surface area contributed by atoms with E-state index in [9.17, 15) is 14.9 Å². The van der Waals surface area contributed by atoms with Crippen molar-refractivity contribution >= 4 is 44.8 Å². The Bertz CT molecular complexity index is 823. The lowest BCUT2D eigenvalue weighted by Gasteiger charge is -2.36. The van der Waals surface area contributed by atoms with Crippen LogP contribution in [0.15, 0.2) is 46.9 Å². The molecule has 2 aromatic rings. The number of amides is 1. The van der Waals surface area contributed by atoms with Crippen molar-refractivity contribution in [3.05, 3.63) is 67.6 Å². The predicted octanol–water partition coefficient (Wildman–Crippen LogP) is 3.97. The molecule has 0 N–H and O–H groups in total. The largest absolute Gasteiger partial charge is 0.368 e. The summed E-state index contributed by atoms with van der Waals surface area (Å²) in [5.74, 6) is -0.0759. The number of hydrogen-bond donors (Lipinski definition) is 0. The fourth-order valence-corrected chi connectivity index (χ4v) is 3.39. The lowest BCUT2D eigenvalue weighted by atomic mass is 10.1. The van der Waals surface area contributed by atoms with E-state index < -0.39 is 4.92 Å². The standard InChI is InChI=1S/C17H15BrClN3O3/c18-16-5-4-12(19)10-15(16)17(23)21-8-6-20(7-9-21)13-2-1-3-14(11-13)22(24)25/h1-5,10-11H,6-9H2. The van der Waals surface area contributed by atoms with E-state index >= 15 is 0 Å². The van der Waals surface area contributed by atoms with Gasteiger partial charge in [-0.25, -0.2) is 0 Å². The van der Waals surface area contributed by atoms with Gasteiger partial charge in [0.2, 0.25) is 0 Å². The van der Waals surface area contributed by atoms with Crippen LogP contribution in [-0.2, 0) is 0 Å². The van der Waals surface area contributed by atoms with Gasteiger partial charge in [-0.3, -0.25) is 14.9 Å². The second-order valence-corrected chi connectivity index (χ2v) is 6.97. The molecule has 25 heavy (non-hydrogen) atoms. The lowest BCUT2D eigenvalue weighted by Crippen LogP contribution is -2.48. The van der Waals surface area contributed by atoms with Gasteiger partial charge >= 0.3 is 0 Å². The maximum atomic E-state index is 12.7. The zero-order valence-corrected chi connectivity index (χ0v) is 15.5. The van der Waals surface area contributed by atoms with Gasteiger partial charge < -0.3 is 9.80 Å². The molecule has 0 saturated carbocycles. The fraction of sp³-hybridized carbons (Fsp3) is 0.235. The van der Waals surface area contributed by atoms with Gasteiger partial charge in [0.05, 0.1) is 10.5 Å². The van der Waals surface area contributed by atoms with Gasteiger partial charge in [0, 0.05) is 53.5 Å². The number of piperazine rings is 1. The van der Waals surface area contributed by atoms with Crippen molar-refractivity contribution in [1.82, 2.24) is 4.90 Å². The minimum Gasteiger partial charge on any atom is -0.368 e. The lowest BCUT2D eigenvalue weighted by molar-refractivity contribution is -0.384. The molecule has 2 aromatic carbocycles. The van der Waals surface area contributed by atoms with Crippen LogP contribution in [0.3, 0.4) is 0 Å². The number of rotatable bonds is 3. The first kappa shape index (κ1) is 17.7. The fourth-order valence-electron chi connectivity index (χ4n) is 2.80. The molecule has 1 saturated heterocycles. The average molecular weight is 425 g/mol. The molecule has 130 valence electrons. The van der Waals surface area contributed by atoms with Crippen molar-refractivity contribution < 1.29 is 9.72 Å². The van der Waals surface area contributed by atoms with Gasteiger partial charge in [0.1, 0.15) is 0 Å². The van der Waals surface area contributed by atoms with Gasteiger partial charge in [-0.1, -0.05) is 17.7 Å². The second-order valence-electron chi connectivity index (χ2n) is 5.68. The molecule has 0 bridgehead atoms. The normalized spacial score (nSPS) is 14.5. The predicted molar refractivity (Wildman–Crippen MR) is 100 cm³/mol. The van der Waals surface area contributed by atoms with Gasteiger partial charge in [0.25, 0.3) is 11.6 Å². The van der Waals surface area contributed by atoms with Gasteiger partial charge in [-0.05, 0) is 40.2 Å². The number of carbonyl (C=O) groups excluding carboxylic acids is 1. The summed E-state index contributed by atoms with van der Waals surface area (Å²) >= 11 is 9.38. The molecule has 8 heteroatoms. The van der Waals surface area contributed by atoms with E-state index in [0.717, 1.165) is 5.69 Å². The Morgan fingerprint density at radius 3 is 2.52 bits per heavy atom. The maximum absolute atomic E-state index is 12.7. The summed E-state index contributed by atoms with van der Waals surface area (Å²) in [7, 11) is 0. The molecule has 0 spiro atoms. The minimum atomic E-state index is -0.403. The van der Waals surface area contributed by atoms with E-state index in [2.05, 4.69) is 15.9 Å². The molecule has 1 heterocycles. The number of nitrogens with zero attached hydrogens (tertiary/aromatic N) is 3. The molecule has 1 amide bonds. The van der Waals surface area contributed by atoms with Crippen LogP contribution < -0.4 is 4.90 Å². The summed E-state index contributed by atoms with van der Waals surface area (Å²) in [6.07, 6.45) is 0. The van der Waals surface area contributed by atoms with Gasteiger partial charge in [-0.2, -0.15) is 0 Å². The summed E-state index contributed by atoms with van der Waals surface area (Å²) in [6.45, 7) is 2.32. The van der Waals surface area contributed by atoms with Crippen molar-refractivity contribution in [2.75, 3.05) is 31.1 Å². The average Bonchev–Trinajstić information content (AvgIpc) is 2.63. The third kappa shape index (κ3) is 3.93. The topological polar surface area (TPSA) is 66.7 Å². The number of nitro groups is 1. The summed E-state index contributed by atoms with van der Waals surface area (Å²) in [4.78, 5) is 27.0. The zero-order valence-electron chi connectivity index (χ0n) is 13.2. The molecule has 0 aromatic heterocycles. The van der Waals surface area contributed by atoms with Crippen molar-refractivity contribution in [3.63, 3.8) is 0 Å². The number of non-ortho nitro benzene ring substituents is 1. The van der Waals surface area contributed by atoms with Gasteiger partial charge in [-0.15, -0.1) is 0 Å². The van der Waals surface area contributed by atoms with Crippen molar-refractivity contribution in [1.29, 1.82) is 0 Å². The summed E-state index contributed by atoms with van der Waals surface area (Å²) in [6, 6.07) is 11.7. The molecular weight excluding hydrogens is 410 g/mol. The Balaban J connectivity index is 1.69. The maximum Gasteiger partial charge on any atom is 0.271 e. The van der Waals surface area contributed by atoms with Crippen molar-refractivity contribution in [2.45, 2.75) is 0 Å². The number of anilines is 1. The van der Waals surface area contributed by atoms with E-state index in [1.165, 1.54) is 6.07 Å². The van der Waals surface area contributed by atoms with Crippen LogP contribution in [0.25, 0.3) is 0 Å². The Morgan fingerprint density at radius 2 is 1.84 bits per heavy atom. The van der Waals surface area contributed by atoms with Crippen LogP contribution in [0.2, 0.25) is 5.02 Å². The van der Waals surface area contributed by atoms with Crippen LogP contribution in [0, 0.1) is 10.1 Å². The van der Waals surface area contributed by atoms with Crippen molar-refractivity contribution in [2.24, 2.45) is 0 Å². The smallest absolute Gasteiger partial charge is 0.271 e. The van der Waals surface area contributed by atoms with E-state index in [1.54, 1.807) is 35.2 Å². The third-order valence-electron chi connectivity index (χ3n) is 4.13. The number of nitro benzene ring substituents is 1. The molecule has 1 aliphatic rings. The molecule has 0 atom stereocenters. The Morgan fingerprint density at radius 1 is 1.12 bits per heavy atom. The molecule has 0 aliphatic carbocycles. The second kappa shape index (κ2) is 7.41. The number of halogens is 2. The van der Waals surface area contributed by atoms with E-state index in [1.807, 2.05) is 11.0 Å². The molecule has 1 aliphatic heterocycles. The molecule has 3 rings (SSSR count). The summed E-state index contributed by atoms with van der Waals surface area (Å²) < 4.78 is 0.711. The first-order valence-corrected chi connectivity index (χ1v) is 8.86. The van der Waals surface area contributed by atoms with E-state index in [4.69, 9.17) is 11.6 Å². The van der Waals surface area contributed by atoms with Crippen LogP contribution in [0.1, 0.15) is 10.4 Å².